The number of halogens is 1. The summed E-state index contributed by atoms with van der Waals surface area (Å²) < 4.78 is 1.94. The van der Waals surface area contributed by atoms with E-state index in [4.69, 9.17) is 17.3 Å². The molecule has 0 aliphatic carbocycles. The molecule has 0 amide bonds. The third-order valence-corrected chi connectivity index (χ3v) is 4.27. The van der Waals surface area contributed by atoms with E-state index in [2.05, 4.69) is 5.32 Å². The molecule has 8 heteroatoms. The van der Waals surface area contributed by atoms with Crippen molar-refractivity contribution in [2.75, 3.05) is 12.3 Å². The van der Waals surface area contributed by atoms with Gasteiger partial charge in [-0.1, -0.05) is 29.8 Å². The van der Waals surface area contributed by atoms with Crippen LogP contribution in [-0.4, -0.2) is 21.5 Å². The lowest BCUT2D eigenvalue weighted by Crippen LogP contribution is -2.43. The molecule has 0 radical (unpaired) electrons. The second-order valence-electron chi connectivity index (χ2n) is 5.51. The highest BCUT2D eigenvalue weighted by atomic mass is 35.5. The Morgan fingerprint density at radius 1 is 1.25 bits per heavy atom. The molecule has 1 aromatic carbocycles. The topological polar surface area (TPSA) is 99.1 Å². The van der Waals surface area contributed by atoms with E-state index in [9.17, 15) is 14.4 Å². The summed E-state index contributed by atoms with van der Waals surface area (Å²) in [5.41, 5.74) is 5.14. The maximum absolute atomic E-state index is 12.4. The Morgan fingerprint density at radius 2 is 1.88 bits per heavy atom. The summed E-state index contributed by atoms with van der Waals surface area (Å²) >= 11 is 6.12. The van der Waals surface area contributed by atoms with Crippen molar-refractivity contribution in [1.82, 2.24) is 14.5 Å². The SMILES string of the molecule is CC(NCC(=O)c1c(N)n(C)c(=O)n(C)c1=O)c1ccccc1Cl. The summed E-state index contributed by atoms with van der Waals surface area (Å²) in [6, 6.07) is 7.09. The molecule has 2 aromatic rings. The van der Waals surface area contributed by atoms with Crippen LogP contribution in [-0.2, 0) is 14.1 Å². The first-order chi connectivity index (χ1) is 11.3. The van der Waals surface area contributed by atoms with Gasteiger partial charge in [-0.15, -0.1) is 0 Å². The minimum atomic E-state index is -0.701. The lowest BCUT2D eigenvalue weighted by atomic mass is 10.1. The van der Waals surface area contributed by atoms with Crippen molar-refractivity contribution < 1.29 is 4.79 Å². The van der Waals surface area contributed by atoms with Crippen LogP contribution < -0.4 is 22.3 Å². The fourth-order valence-electron chi connectivity index (χ4n) is 2.39. The molecule has 0 aliphatic rings. The fraction of sp³-hybridized carbons (Fsp3) is 0.312. The number of anilines is 1. The third-order valence-electron chi connectivity index (χ3n) is 3.93. The fourth-order valence-corrected chi connectivity index (χ4v) is 2.69. The van der Waals surface area contributed by atoms with Crippen molar-refractivity contribution >= 4 is 23.2 Å². The van der Waals surface area contributed by atoms with Crippen molar-refractivity contribution in [2.24, 2.45) is 14.1 Å². The van der Waals surface area contributed by atoms with Gasteiger partial charge in [0.1, 0.15) is 11.4 Å². The van der Waals surface area contributed by atoms with Gasteiger partial charge in [0.15, 0.2) is 5.78 Å². The van der Waals surface area contributed by atoms with Crippen molar-refractivity contribution in [2.45, 2.75) is 13.0 Å². The minimum Gasteiger partial charge on any atom is -0.384 e. The molecule has 3 N–H and O–H groups in total. The van der Waals surface area contributed by atoms with Gasteiger partial charge in [0.05, 0.1) is 6.54 Å². The third kappa shape index (κ3) is 3.27. The van der Waals surface area contributed by atoms with Crippen molar-refractivity contribution in [1.29, 1.82) is 0 Å². The summed E-state index contributed by atoms with van der Waals surface area (Å²) in [6.07, 6.45) is 0. The number of aromatic nitrogens is 2. The maximum atomic E-state index is 12.4. The molecule has 0 bridgehead atoms. The maximum Gasteiger partial charge on any atom is 0.332 e. The number of nitrogens with two attached hydrogens (primary N) is 1. The quantitative estimate of drug-likeness (QED) is 0.779. The van der Waals surface area contributed by atoms with E-state index >= 15 is 0 Å². The zero-order valence-electron chi connectivity index (χ0n) is 13.7. The number of carbonyl (C=O) groups excluding carboxylic acids is 1. The van der Waals surface area contributed by atoms with Gasteiger partial charge in [0.2, 0.25) is 0 Å². The highest BCUT2D eigenvalue weighted by Crippen LogP contribution is 2.21. The van der Waals surface area contributed by atoms with E-state index in [0.29, 0.717) is 5.02 Å². The molecule has 0 aliphatic heterocycles. The van der Waals surface area contributed by atoms with Gasteiger partial charge in [-0.25, -0.2) is 4.79 Å². The molecular formula is C16H19ClN4O3. The van der Waals surface area contributed by atoms with E-state index in [0.717, 1.165) is 14.7 Å². The summed E-state index contributed by atoms with van der Waals surface area (Å²) in [7, 11) is 2.72. The van der Waals surface area contributed by atoms with Gasteiger partial charge in [-0.3, -0.25) is 18.7 Å². The van der Waals surface area contributed by atoms with Gasteiger partial charge in [-0.2, -0.15) is 0 Å². The molecule has 1 aromatic heterocycles. The van der Waals surface area contributed by atoms with Crippen LogP contribution in [0.3, 0.4) is 0 Å². The Balaban J connectivity index is 2.24. The average Bonchev–Trinajstić information content (AvgIpc) is 2.56. The Kier molecular flexibility index (Phi) is 5.26. The van der Waals surface area contributed by atoms with Crippen molar-refractivity contribution in [3.63, 3.8) is 0 Å². The smallest absolute Gasteiger partial charge is 0.332 e. The lowest BCUT2D eigenvalue weighted by Gasteiger charge is -2.16. The molecule has 128 valence electrons. The molecule has 1 heterocycles. The Bertz CT molecular complexity index is 901. The summed E-state index contributed by atoms with van der Waals surface area (Å²) in [5.74, 6) is -0.622. The Labute approximate surface area is 143 Å². The zero-order chi connectivity index (χ0) is 18.0. The number of carbonyl (C=O) groups is 1. The molecule has 2 rings (SSSR count). The molecule has 0 saturated heterocycles. The van der Waals surface area contributed by atoms with Crippen molar-refractivity contribution in [3.05, 3.63) is 61.3 Å². The number of nitrogens with one attached hydrogen (secondary N) is 1. The number of hydrogen-bond donors (Lipinski definition) is 2. The molecule has 0 spiro atoms. The molecule has 7 nitrogen and oxygen atoms in total. The van der Waals surface area contributed by atoms with E-state index in [1.54, 1.807) is 6.07 Å². The van der Waals surface area contributed by atoms with Crippen LogP contribution in [0.1, 0.15) is 28.9 Å². The molecule has 24 heavy (non-hydrogen) atoms. The van der Waals surface area contributed by atoms with Crippen LogP contribution >= 0.6 is 11.6 Å². The van der Waals surface area contributed by atoms with E-state index in [1.165, 1.54) is 14.1 Å². The van der Waals surface area contributed by atoms with E-state index in [-0.39, 0.29) is 24.0 Å². The van der Waals surface area contributed by atoms with Gasteiger partial charge in [0, 0.05) is 25.2 Å². The first-order valence-electron chi connectivity index (χ1n) is 7.32. The highest BCUT2D eigenvalue weighted by Gasteiger charge is 2.20. The first-order valence-corrected chi connectivity index (χ1v) is 7.70. The van der Waals surface area contributed by atoms with Crippen LogP contribution in [0.2, 0.25) is 5.02 Å². The largest absolute Gasteiger partial charge is 0.384 e. The summed E-state index contributed by atoms with van der Waals surface area (Å²) in [5, 5.41) is 3.61. The van der Waals surface area contributed by atoms with Crippen LogP contribution in [0.4, 0.5) is 5.82 Å². The van der Waals surface area contributed by atoms with Gasteiger partial charge < -0.3 is 11.1 Å². The number of nitrogen functional groups attached to an aromatic ring is 1. The summed E-state index contributed by atoms with van der Waals surface area (Å²) in [6.45, 7) is 1.75. The Hall–Kier alpha value is -2.38. The number of rotatable bonds is 5. The molecule has 1 atom stereocenters. The van der Waals surface area contributed by atoms with Gasteiger partial charge in [-0.05, 0) is 18.6 Å². The molecule has 0 saturated carbocycles. The summed E-state index contributed by atoms with van der Waals surface area (Å²) in [4.78, 5) is 36.4. The van der Waals surface area contributed by atoms with Crippen LogP contribution in [0.25, 0.3) is 0 Å². The number of nitrogens with zero attached hydrogens (tertiary/aromatic N) is 2. The average molecular weight is 351 g/mol. The van der Waals surface area contributed by atoms with Gasteiger partial charge >= 0.3 is 5.69 Å². The standard InChI is InChI=1S/C16H19ClN4O3/c1-9(10-6-4-5-7-11(10)17)19-8-12(22)13-14(18)20(2)16(24)21(3)15(13)23/h4-7,9,19H,8,18H2,1-3H3. The molecule has 1 unspecified atom stereocenters. The predicted octanol–water partition coefficient (Wildman–Crippen LogP) is 0.853. The highest BCUT2D eigenvalue weighted by molar-refractivity contribution is 6.31. The second-order valence-corrected chi connectivity index (χ2v) is 5.92. The van der Waals surface area contributed by atoms with Crippen molar-refractivity contribution in [3.8, 4) is 0 Å². The minimum absolute atomic E-state index is 0.107. The van der Waals surface area contributed by atoms with Crippen LogP contribution in [0.5, 0.6) is 0 Å². The monoisotopic (exact) mass is 350 g/mol. The van der Waals surface area contributed by atoms with Crippen LogP contribution in [0, 0.1) is 0 Å². The molecular weight excluding hydrogens is 332 g/mol. The number of hydrogen-bond acceptors (Lipinski definition) is 5. The van der Waals surface area contributed by atoms with E-state index < -0.39 is 17.0 Å². The van der Waals surface area contributed by atoms with E-state index in [1.807, 2.05) is 25.1 Å². The van der Waals surface area contributed by atoms with Gasteiger partial charge in [0.25, 0.3) is 5.56 Å². The first kappa shape index (κ1) is 18.0. The predicted molar refractivity (Wildman–Crippen MR) is 93.5 cm³/mol. The zero-order valence-corrected chi connectivity index (χ0v) is 14.4. The number of Topliss-reactive ketones (excluding diaryl/α,β-unsaturated/α-hetero) is 1. The Morgan fingerprint density at radius 3 is 2.50 bits per heavy atom. The second kappa shape index (κ2) is 7.02. The number of ketones is 1. The lowest BCUT2D eigenvalue weighted by molar-refractivity contribution is 0.0986. The molecule has 0 fully saturated rings. The normalized spacial score (nSPS) is 12.2. The number of benzene rings is 1. The van der Waals surface area contributed by atoms with Crippen LogP contribution in [0.15, 0.2) is 33.9 Å².